The Morgan fingerprint density at radius 1 is 1.21 bits per heavy atom. The molecule has 0 aliphatic heterocycles. The summed E-state index contributed by atoms with van der Waals surface area (Å²) in [5.41, 5.74) is 9.77. The van der Waals surface area contributed by atoms with Gasteiger partial charge < -0.3 is 10.4 Å². The minimum Gasteiger partial charge on any atom is -0.481 e. The minimum atomic E-state index is -0.890. The monoisotopic (exact) mass is 322 g/mol. The van der Waals surface area contributed by atoms with Crippen molar-refractivity contribution in [2.45, 2.75) is 6.42 Å². The van der Waals surface area contributed by atoms with Crippen molar-refractivity contribution in [1.82, 2.24) is 9.66 Å². The van der Waals surface area contributed by atoms with E-state index >= 15 is 0 Å². The first kappa shape index (κ1) is 15.3. The highest BCUT2D eigenvalue weighted by Crippen LogP contribution is 2.16. The molecule has 0 spiro atoms. The molecule has 4 N–H and O–H groups in total. The first-order valence-corrected chi connectivity index (χ1v) is 7.10. The highest BCUT2D eigenvalue weighted by atomic mass is 16.4. The van der Waals surface area contributed by atoms with Crippen LogP contribution < -0.4 is 10.8 Å². The lowest BCUT2D eigenvalue weighted by atomic mass is 10.1. The molecule has 1 aromatic heterocycles. The molecule has 0 atom stereocenters. The molecule has 120 valence electrons. The molecule has 0 aliphatic carbocycles. The van der Waals surface area contributed by atoms with Crippen LogP contribution in [0, 0.1) is 10.9 Å². The van der Waals surface area contributed by atoms with Crippen LogP contribution in [0.25, 0.3) is 11.0 Å². The number of carboxylic acids is 1. The van der Waals surface area contributed by atoms with E-state index in [1.807, 2.05) is 6.07 Å². The van der Waals surface area contributed by atoms with Crippen molar-refractivity contribution in [2.24, 2.45) is 5.22 Å². The van der Waals surface area contributed by atoms with Gasteiger partial charge in [0.1, 0.15) is 0 Å². The van der Waals surface area contributed by atoms with Gasteiger partial charge in [-0.05, 0) is 29.8 Å². The van der Waals surface area contributed by atoms with E-state index in [2.05, 4.69) is 15.5 Å². The maximum absolute atomic E-state index is 10.7. The predicted octanol–water partition coefficient (Wildman–Crippen LogP) is 2.68. The van der Waals surface area contributed by atoms with E-state index in [4.69, 9.17) is 16.0 Å². The lowest BCUT2D eigenvalue weighted by molar-refractivity contribution is -0.136. The Kier molecular flexibility index (Phi) is 4.02. The van der Waals surface area contributed by atoms with Gasteiger partial charge in [0.05, 0.1) is 17.5 Å². The van der Waals surface area contributed by atoms with Gasteiger partial charge in [-0.2, -0.15) is 10.2 Å². The Morgan fingerprint density at radius 3 is 2.58 bits per heavy atom. The van der Waals surface area contributed by atoms with E-state index in [-0.39, 0.29) is 17.7 Å². The van der Waals surface area contributed by atoms with E-state index in [9.17, 15) is 4.79 Å². The predicted molar refractivity (Wildman–Crippen MR) is 87.2 cm³/mol. The number of carboxylic acid groups (broad SMARTS) is 1. The number of hydrogen-bond donors (Lipinski definition) is 4. The Hall–Kier alpha value is -3.55. The van der Waals surface area contributed by atoms with Crippen molar-refractivity contribution in [2.75, 3.05) is 5.32 Å². The maximum atomic E-state index is 10.7. The lowest BCUT2D eigenvalue weighted by Crippen LogP contribution is -2.21. The second-order valence-electron chi connectivity index (χ2n) is 5.10. The molecule has 0 amide bonds. The molecule has 0 unspecified atom stereocenters. The molecular formula is C16H14N6O2. The molecule has 2 aromatic carbocycles. The van der Waals surface area contributed by atoms with Crippen molar-refractivity contribution in [3.05, 3.63) is 59.6 Å². The third kappa shape index (κ3) is 2.98. The number of para-hydroxylation sites is 2. The zero-order valence-electron chi connectivity index (χ0n) is 12.5. The van der Waals surface area contributed by atoms with Gasteiger partial charge in [0.25, 0.3) is 0 Å². The largest absolute Gasteiger partial charge is 0.481 e. The van der Waals surface area contributed by atoms with E-state index in [0.29, 0.717) is 22.3 Å². The standard InChI is InChI=1S/C16H14N6O2/c17-15-16(19-11-7-5-10(6-8-11)9-14(23)24)20-12-3-1-2-4-13(12)22(15)21-18/h1-8,17-18H,9H2,(H,19,20)(H,23,24). The molecule has 0 saturated carbocycles. The molecule has 1 heterocycles. The van der Waals surface area contributed by atoms with E-state index in [1.54, 1.807) is 42.5 Å². The van der Waals surface area contributed by atoms with Gasteiger partial charge in [0, 0.05) is 5.69 Å². The van der Waals surface area contributed by atoms with Crippen LogP contribution in [0.15, 0.2) is 53.8 Å². The summed E-state index contributed by atoms with van der Waals surface area (Å²) in [6.45, 7) is 0. The number of hydrogen-bond acceptors (Lipinski definition) is 6. The summed E-state index contributed by atoms with van der Waals surface area (Å²) in [6, 6.07) is 14.0. The summed E-state index contributed by atoms with van der Waals surface area (Å²) < 4.78 is 1.18. The van der Waals surface area contributed by atoms with Crippen LogP contribution in [0.4, 0.5) is 11.5 Å². The average Bonchev–Trinajstić information content (AvgIpc) is 2.57. The number of nitrogens with zero attached hydrogens (tertiary/aromatic N) is 3. The van der Waals surface area contributed by atoms with Crippen LogP contribution in [0.2, 0.25) is 0 Å². The number of nitrogens with one attached hydrogen (secondary N) is 3. The minimum absolute atomic E-state index is 0.0432. The quantitative estimate of drug-likeness (QED) is 0.538. The van der Waals surface area contributed by atoms with Crippen molar-refractivity contribution in [1.29, 1.82) is 10.9 Å². The second-order valence-corrected chi connectivity index (χ2v) is 5.10. The molecule has 8 nitrogen and oxygen atoms in total. The van der Waals surface area contributed by atoms with Gasteiger partial charge in [-0.25, -0.2) is 4.98 Å². The van der Waals surface area contributed by atoms with Crippen molar-refractivity contribution < 1.29 is 9.90 Å². The van der Waals surface area contributed by atoms with Crippen LogP contribution in [-0.2, 0) is 11.2 Å². The van der Waals surface area contributed by atoms with Crippen LogP contribution in [0.5, 0.6) is 0 Å². The summed E-state index contributed by atoms with van der Waals surface area (Å²) in [6.07, 6.45) is -0.0457. The fourth-order valence-corrected chi connectivity index (χ4v) is 2.34. The van der Waals surface area contributed by atoms with E-state index in [1.165, 1.54) is 4.68 Å². The van der Waals surface area contributed by atoms with Crippen LogP contribution in [0.3, 0.4) is 0 Å². The Morgan fingerprint density at radius 2 is 1.92 bits per heavy atom. The molecule has 0 bridgehead atoms. The fourth-order valence-electron chi connectivity index (χ4n) is 2.34. The Labute approximate surface area is 136 Å². The highest BCUT2D eigenvalue weighted by Gasteiger charge is 2.08. The summed E-state index contributed by atoms with van der Waals surface area (Å²) in [7, 11) is 0. The molecule has 0 fully saturated rings. The van der Waals surface area contributed by atoms with Crippen LogP contribution in [-0.4, -0.2) is 20.7 Å². The summed E-state index contributed by atoms with van der Waals surface area (Å²) in [5, 5.41) is 23.3. The summed E-state index contributed by atoms with van der Waals surface area (Å²) >= 11 is 0. The number of anilines is 2. The molecule has 3 aromatic rings. The molecular weight excluding hydrogens is 308 g/mol. The topological polar surface area (TPSA) is 127 Å². The molecule has 3 rings (SSSR count). The number of rotatable bonds is 5. The Bertz CT molecular complexity index is 978. The molecule has 24 heavy (non-hydrogen) atoms. The van der Waals surface area contributed by atoms with E-state index < -0.39 is 5.97 Å². The third-order valence-electron chi connectivity index (χ3n) is 3.45. The lowest BCUT2D eigenvalue weighted by Gasteiger charge is -2.10. The van der Waals surface area contributed by atoms with Gasteiger partial charge in [-0.15, -0.1) is 0 Å². The Balaban J connectivity index is 1.98. The second kappa shape index (κ2) is 6.29. The van der Waals surface area contributed by atoms with Gasteiger partial charge in [0.2, 0.25) is 0 Å². The normalized spacial score (nSPS) is 10.5. The SMILES string of the molecule is N=Nn1c(=N)c(Nc2ccc(CC(=O)O)cc2)nc2ccccc21. The molecule has 8 heteroatoms. The van der Waals surface area contributed by atoms with Gasteiger partial charge in [-0.1, -0.05) is 29.5 Å². The zero-order chi connectivity index (χ0) is 17.1. The zero-order valence-corrected chi connectivity index (χ0v) is 12.5. The molecule has 0 saturated heterocycles. The van der Waals surface area contributed by atoms with Crippen LogP contribution in [0.1, 0.15) is 5.56 Å². The number of aromatic nitrogens is 2. The smallest absolute Gasteiger partial charge is 0.307 e. The first-order chi connectivity index (χ1) is 11.6. The highest BCUT2D eigenvalue weighted by molar-refractivity contribution is 5.77. The van der Waals surface area contributed by atoms with E-state index in [0.717, 1.165) is 0 Å². The summed E-state index contributed by atoms with van der Waals surface area (Å²) in [4.78, 5) is 15.1. The van der Waals surface area contributed by atoms with Crippen molar-refractivity contribution in [3.63, 3.8) is 0 Å². The first-order valence-electron chi connectivity index (χ1n) is 7.10. The average molecular weight is 322 g/mol. The maximum Gasteiger partial charge on any atom is 0.307 e. The molecule has 0 radical (unpaired) electrons. The van der Waals surface area contributed by atoms with Gasteiger partial charge in [0.15, 0.2) is 11.3 Å². The number of benzene rings is 2. The molecule has 0 aliphatic rings. The number of carbonyl (C=O) groups is 1. The van der Waals surface area contributed by atoms with Gasteiger partial charge >= 0.3 is 5.97 Å². The fraction of sp³-hybridized carbons (Fsp3) is 0.0625. The van der Waals surface area contributed by atoms with Crippen molar-refractivity contribution >= 4 is 28.5 Å². The third-order valence-corrected chi connectivity index (χ3v) is 3.45. The number of fused-ring (bicyclic) bond motifs is 1. The van der Waals surface area contributed by atoms with Crippen molar-refractivity contribution in [3.8, 4) is 0 Å². The summed E-state index contributed by atoms with van der Waals surface area (Å²) in [5.74, 6) is -0.630. The van der Waals surface area contributed by atoms with Gasteiger partial charge in [-0.3, -0.25) is 10.2 Å². The van der Waals surface area contributed by atoms with Crippen LogP contribution >= 0.6 is 0 Å². The number of aliphatic carboxylic acids is 1.